The van der Waals surface area contributed by atoms with E-state index in [1.54, 1.807) is 47.1 Å². The second-order valence-electron chi connectivity index (χ2n) is 7.88. The molecular weight excluding hydrogens is 462 g/mol. The third kappa shape index (κ3) is 4.62. The van der Waals surface area contributed by atoms with Crippen LogP contribution >= 0.6 is 11.6 Å². The summed E-state index contributed by atoms with van der Waals surface area (Å²) in [7, 11) is 0. The molecule has 0 bridgehead atoms. The Morgan fingerprint density at radius 1 is 1.03 bits per heavy atom. The summed E-state index contributed by atoms with van der Waals surface area (Å²) in [6.45, 7) is 1.85. The zero-order valence-electron chi connectivity index (χ0n) is 18.7. The van der Waals surface area contributed by atoms with E-state index < -0.39 is 5.91 Å². The van der Waals surface area contributed by atoms with Gasteiger partial charge in [0.25, 0.3) is 5.91 Å². The molecule has 35 heavy (non-hydrogen) atoms. The Morgan fingerprint density at radius 2 is 1.74 bits per heavy atom. The minimum Gasteiger partial charge on any atom is -0.508 e. The molecule has 0 aliphatic rings. The second kappa shape index (κ2) is 9.40. The van der Waals surface area contributed by atoms with Crippen molar-refractivity contribution in [2.24, 2.45) is 5.10 Å². The van der Waals surface area contributed by atoms with Gasteiger partial charge < -0.3 is 5.11 Å². The third-order valence-corrected chi connectivity index (χ3v) is 5.72. The second-order valence-corrected chi connectivity index (χ2v) is 8.32. The molecule has 2 aromatic heterocycles. The molecule has 0 saturated heterocycles. The van der Waals surface area contributed by atoms with E-state index in [1.807, 2.05) is 49.4 Å². The number of fused-ring (bicyclic) bond motifs is 1. The summed E-state index contributed by atoms with van der Waals surface area (Å²) in [5.74, 6) is -0.232. The van der Waals surface area contributed by atoms with Crippen molar-refractivity contribution in [2.75, 3.05) is 0 Å². The summed E-state index contributed by atoms with van der Waals surface area (Å²) >= 11 is 6.07. The number of hydrogen-bond donors (Lipinski definition) is 2. The molecule has 3 aromatic carbocycles. The number of aromatic nitrogens is 3. The number of phenolic OH excluding ortho intramolecular Hbond substituents is 1. The van der Waals surface area contributed by atoms with E-state index in [1.165, 1.54) is 6.21 Å². The van der Waals surface area contributed by atoms with Gasteiger partial charge in [0, 0.05) is 10.6 Å². The first kappa shape index (κ1) is 22.3. The maximum Gasteiger partial charge on any atom is 0.272 e. The number of hydrazone groups is 1. The lowest BCUT2D eigenvalue weighted by Gasteiger charge is -2.09. The summed E-state index contributed by atoms with van der Waals surface area (Å²) in [4.78, 5) is 18.2. The molecule has 0 atom stereocenters. The quantitative estimate of drug-likeness (QED) is 0.255. The summed E-state index contributed by atoms with van der Waals surface area (Å²) in [6, 6.07) is 25.2. The molecule has 0 fully saturated rings. The van der Waals surface area contributed by atoms with Crippen molar-refractivity contribution in [3.63, 3.8) is 0 Å². The van der Waals surface area contributed by atoms with Crippen LogP contribution in [0.1, 0.15) is 21.6 Å². The van der Waals surface area contributed by atoms with Gasteiger partial charge in [0.15, 0.2) is 5.65 Å². The maximum atomic E-state index is 13.3. The smallest absolute Gasteiger partial charge is 0.272 e. The monoisotopic (exact) mass is 481 g/mol. The minimum atomic E-state index is -0.390. The van der Waals surface area contributed by atoms with E-state index in [0.717, 1.165) is 16.8 Å². The van der Waals surface area contributed by atoms with Crippen LogP contribution in [0.2, 0.25) is 5.02 Å². The Morgan fingerprint density at radius 3 is 2.46 bits per heavy atom. The molecule has 0 spiro atoms. The number of carbonyl (C=O) groups is 1. The number of aromatic hydroxyl groups is 1. The first-order valence-corrected chi connectivity index (χ1v) is 11.2. The number of amides is 1. The fourth-order valence-corrected chi connectivity index (χ4v) is 3.90. The number of aryl methyl sites for hydroxylation is 1. The van der Waals surface area contributed by atoms with Crippen LogP contribution in [0.4, 0.5) is 0 Å². The number of hydrogen-bond acceptors (Lipinski definition) is 5. The van der Waals surface area contributed by atoms with Crippen LogP contribution in [0.15, 0.2) is 90.0 Å². The van der Waals surface area contributed by atoms with Gasteiger partial charge in [-0.2, -0.15) is 10.2 Å². The van der Waals surface area contributed by atoms with Gasteiger partial charge in [-0.3, -0.25) is 4.79 Å². The number of carbonyl (C=O) groups excluding carboxylic acids is 1. The van der Waals surface area contributed by atoms with Gasteiger partial charge in [-0.1, -0.05) is 41.9 Å². The molecule has 0 unspecified atom stereocenters. The fraction of sp³-hybridized carbons (Fsp3) is 0.0370. The lowest BCUT2D eigenvalue weighted by atomic mass is 10.1. The van der Waals surface area contributed by atoms with Crippen LogP contribution in [-0.2, 0) is 0 Å². The summed E-state index contributed by atoms with van der Waals surface area (Å²) in [5, 5.41) is 19.5. The number of phenols is 1. The topological polar surface area (TPSA) is 92.4 Å². The summed E-state index contributed by atoms with van der Waals surface area (Å²) < 4.78 is 1.74. The molecule has 172 valence electrons. The summed E-state index contributed by atoms with van der Waals surface area (Å²) in [6.07, 6.45) is 1.51. The Balaban J connectivity index is 1.61. The lowest BCUT2D eigenvalue weighted by molar-refractivity contribution is 0.0956. The third-order valence-electron chi connectivity index (χ3n) is 5.47. The first-order valence-electron chi connectivity index (χ1n) is 10.8. The molecular formula is C27H20ClN5O2. The molecule has 7 nitrogen and oxygen atoms in total. The van der Waals surface area contributed by atoms with Crippen LogP contribution in [0.3, 0.4) is 0 Å². The van der Waals surface area contributed by atoms with Gasteiger partial charge in [-0.15, -0.1) is 0 Å². The van der Waals surface area contributed by atoms with Crippen molar-refractivity contribution < 1.29 is 9.90 Å². The average molecular weight is 482 g/mol. The highest BCUT2D eigenvalue weighted by molar-refractivity contribution is 6.30. The Hall–Kier alpha value is -4.49. The molecule has 0 radical (unpaired) electrons. The number of halogens is 1. The molecule has 2 heterocycles. The van der Waals surface area contributed by atoms with Gasteiger partial charge in [0.05, 0.1) is 34.2 Å². The SMILES string of the molecule is Cc1nn(-c2ccccc2)c2nc(-c3ccc(Cl)cc3)cc(C(=O)NN=Cc3ccc(O)cc3)c12. The Bertz CT molecular complexity index is 1540. The summed E-state index contributed by atoms with van der Waals surface area (Å²) in [5.41, 5.74) is 7.24. The number of para-hydroxylation sites is 1. The number of benzene rings is 3. The average Bonchev–Trinajstić information content (AvgIpc) is 3.22. The van der Waals surface area contributed by atoms with Crippen LogP contribution in [-0.4, -0.2) is 32.0 Å². The molecule has 1 amide bonds. The predicted molar refractivity (Wildman–Crippen MR) is 137 cm³/mol. The Labute approximate surface area is 206 Å². The normalized spacial score (nSPS) is 11.3. The lowest BCUT2D eigenvalue weighted by Crippen LogP contribution is -2.18. The maximum absolute atomic E-state index is 13.3. The van der Waals surface area contributed by atoms with Crippen LogP contribution < -0.4 is 5.43 Å². The van der Waals surface area contributed by atoms with Crippen molar-refractivity contribution in [3.05, 3.63) is 107 Å². The van der Waals surface area contributed by atoms with Crippen LogP contribution in [0.5, 0.6) is 5.75 Å². The van der Waals surface area contributed by atoms with E-state index in [0.29, 0.717) is 33.0 Å². The van der Waals surface area contributed by atoms with E-state index in [2.05, 4.69) is 15.6 Å². The van der Waals surface area contributed by atoms with Gasteiger partial charge >= 0.3 is 0 Å². The highest BCUT2D eigenvalue weighted by Gasteiger charge is 2.21. The fourth-order valence-electron chi connectivity index (χ4n) is 3.77. The molecule has 0 aliphatic heterocycles. The van der Waals surface area contributed by atoms with E-state index >= 15 is 0 Å². The van der Waals surface area contributed by atoms with Crippen LogP contribution in [0, 0.1) is 6.92 Å². The highest BCUT2D eigenvalue weighted by atomic mass is 35.5. The van der Waals surface area contributed by atoms with Crippen molar-refractivity contribution >= 4 is 34.8 Å². The first-order chi connectivity index (χ1) is 17.0. The molecule has 5 aromatic rings. The molecule has 2 N–H and O–H groups in total. The van der Waals surface area contributed by atoms with Crippen LogP contribution in [0.25, 0.3) is 28.0 Å². The van der Waals surface area contributed by atoms with E-state index in [-0.39, 0.29) is 5.75 Å². The molecule has 0 aliphatic carbocycles. The standard InChI is InChI=1S/C27H20ClN5O2/c1-17-25-23(27(35)31-29-16-18-7-13-22(34)14-8-18)15-24(19-9-11-20(28)12-10-19)30-26(25)33(32-17)21-5-3-2-4-6-21/h2-16,34H,1H3,(H,31,35). The minimum absolute atomic E-state index is 0.158. The number of nitrogens with zero attached hydrogens (tertiary/aromatic N) is 4. The van der Waals surface area contributed by atoms with Crippen molar-refractivity contribution in [3.8, 4) is 22.7 Å². The zero-order valence-corrected chi connectivity index (χ0v) is 19.4. The van der Waals surface area contributed by atoms with Gasteiger partial charge in [0.1, 0.15) is 5.75 Å². The van der Waals surface area contributed by atoms with Crippen molar-refractivity contribution in [1.82, 2.24) is 20.2 Å². The molecule has 5 rings (SSSR count). The van der Waals surface area contributed by atoms with Crippen molar-refractivity contribution in [2.45, 2.75) is 6.92 Å². The van der Waals surface area contributed by atoms with Crippen molar-refractivity contribution in [1.29, 1.82) is 0 Å². The van der Waals surface area contributed by atoms with Gasteiger partial charge in [0.2, 0.25) is 0 Å². The number of pyridine rings is 1. The number of rotatable bonds is 5. The van der Waals surface area contributed by atoms with E-state index in [4.69, 9.17) is 16.6 Å². The largest absolute Gasteiger partial charge is 0.508 e. The zero-order chi connectivity index (χ0) is 24.4. The van der Waals surface area contributed by atoms with Gasteiger partial charge in [-0.25, -0.2) is 15.1 Å². The Kier molecular flexibility index (Phi) is 5.99. The highest BCUT2D eigenvalue weighted by Crippen LogP contribution is 2.29. The van der Waals surface area contributed by atoms with Gasteiger partial charge in [-0.05, 0) is 67.1 Å². The molecule has 8 heteroatoms. The number of nitrogens with one attached hydrogen (secondary N) is 1. The predicted octanol–water partition coefficient (Wildman–Crippen LogP) is 5.52. The molecule has 0 saturated carbocycles. The van der Waals surface area contributed by atoms with E-state index in [9.17, 15) is 9.90 Å².